The van der Waals surface area contributed by atoms with Crippen molar-refractivity contribution in [3.63, 3.8) is 0 Å². The second-order valence-electron chi connectivity index (χ2n) is 8.24. The zero-order valence-corrected chi connectivity index (χ0v) is 20.1. The molecule has 0 saturated heterocycles. The van der Waals surface area contributed by atoms with E-state index in [1.54, 1.807) is 0 Å². The highest BCUT2D eigenvalue weighted by molar-refractivity contribution is 6.30. The topological polar surface area (TPSA) is 39.4 Å². The predicted molar refractivity (Wildman–Crippen MR) is 143 cm³/mol. The predicted octanol–water partition coefficient (Wildman–Crippen LogP) is 7.83. The molecule has 4 nitrogen and oxygen atoms in total. The van der Waals surface area contributed by atoms with Crippen molar-refractivity contribution in [3.8, 4) is 22.7 Å². The van der Waals surface area contributed by atoms with Crippen molar-refractivity contribution in [2.24, 2.45) is 4.99 Å². The Balaban J connectivity index is 1.35. The maximum Gasteiger partial charge on any atom is 0.156 e. The monoisotopic (exact) mass is 477 g/mol. The lowest BCUT2D eigenvalue weighted by molar-refractivity contribution is 0.306. The fraction of sp³-hybridized carbons (Fsp3) is 0.0667. The van der Waals surface area contributed by atoms with E-state index in [0.29, 0.717) is 6.61 Å². The summed E-state index contributed by atoms with van der Waals surface area (Å²) in [5, 5.41) is 5.56. The van der Waals surface area contributed by atoms with E-state index in [1.807, 2.05) is 95.8 Å². The number of benzene rings is 4. The molecule has 0 saturated carbocycles. The molecule has 5 heteroatoms. The zero-order chi connectivity index (χ0) is 24.0. The Bertz CT molecular complexity index is 1420. The SMILES string of the molecule is Cc1ccc(-c2cc(/N=C/c3ccc(OCc4ccc(Cl)cc4)cc3)n(-c3ccccc3)n2)cc1. The van der Waals surface area contributed by atoms with Gasteiger partial charge in [-0.1, -0.05) is 71.8 Å². The van der Waals surface area contributed by atoms with E-state index in [4.69, 9.17) is 26.4 Å². The number of para-hydroxylation sites is 1. The minimum absolute atomic E-state index is 0.489. The van der Waals surface area contributed by atoms with Crippen LogP contribution in [0.1, 0.15) is 16.7 Å². The van der Waals surface area contributed by atoms with Gasteiger partial charge in [-0.3, -0.25) is 0 Å². The number of hydrogen-bond donors (Lipinski definition) is 0. The van der Waals surface area contributed by atoms with Crippen LogP contribution in [0.5, 0.6) is 5.75 Å². The van der Waals surface area contributed by atoms with Gasteiger partial charge in [-0.25, -0.2) is 9.67 Å². The van der Waals surface area contributed by atoms with Crippen LogP contribution in [0.3, 0.4) is 0 Å². The van der Waals surface area contributed by atoms with Gasteiger partial charge in [0.15, 0.2) is 5.82 Å². The molecular weight excluding hydrogens is 454 g/mol. The van der Waals surface area contributed by atoms with Crippen LogP contribution in [0.4, 0.5) is 5.82 Å². The van der Waals surface area contributed by atoms with E-state index >= 15 is 0 Å². The number of rotatable bonds is 7. The maximum absolute atomic E-state index is 5.94. The fourth-order valence-corrected chi connectivity index (χ4v) is 3.75. The second kappa shape index (κ2) is 10.4. The van der Waals surface area contributed by atoms with Crippen LogP contribution in [0.25, 0.3) is 16.9 Å². The molecule has 1 aromatic heterocycles. The van der Waals surface area contributed by atoms with Gasteiger partial charge in [0.25, 0.3) is 0 Å². The zero-order valence-electron chi connectivity index (χ0n) is 19.3. The summed E-state index contributed by atoms with van der Waals surface area (Å²) in [4.78, 5) is 4.77. The molecular formula is C30H24ClN3O. The number of ether oxygens (including phenoxy) is 1. The third-order valence-electron chi connectivity index (χ3n) is 5.58. The highest BCUT2D eigenvalue weighted by Gasteiger charge is 2.10. The summed E-state index contributed by atoms with van der Waals surface area (Å²) >= 11 is 5.94. The molecule has 5 rings (SSSR count). The van der Waals surface area contributed by atoms with Gasteiger partial charge in [-0.15, -0.1) is 0 Å². The van der Waals surface area contributed by atoms with Crippen molar-refractivity contribution in [2.45, 2.75) is 13.5 Å². The third-order valence-corrected chi connectivity index (χ3v) is 5.84. The first-order valence-corrected chi connectivity index (χ1v) is 11.8. The fourth-order valence-electron chi connectivity index (χ4n) is 3.63. The summed E-state index contributed by atoms with van der Waals surface area (Å²) in [7, 11) is 0. The lowest BCUT2D eigenvalue weighted by Gasteiger charge is -2.06. The average molecular weight is 478 g/mol. The summed E-state index contributed by atoms with van der Waals surface area (Å²) in [6.45, 7) is 2.57. The normalized spacial score (nSPS) is 11.1. The molecule has 0 aliphatic rings. The van der Waals surface area contributed by atoms with E-state index < -0.39 is 0 Å². The smallest absolute Gasteiger partial charge is 0.156 e. The van der Waals surface area contributed by atoms with Crippen LogP contribution in [-0.4, -0.2) is 16.0 Å². The molecule has 0 unspecified atom stereocenters. The van der Waals surface area contributed by atoms with E-state index in [2.05, 4.69) is 31.2 Å². The van der Waals surface area contributed by atoms with E-state index in [9.17, 15) is 0 Å². The first-order chi connectivity index (χ1) is 17.1. The van der Waals surface area contributed by atoms with Gasteiger partial charge < -0.3 is 4.74 Å². The Morgan fingerprint density at radius 3 is 2.29 bits per heavy atom. The quantitative estimate of drug-likeness (QED) is 0.224. The lowest BCUT2D eigenvalue weighted by Crippen LogP contribution is -1.96. The van der Waals surface area contributed by atoms with Crippen molar-refractivity contribution in [2.75, 3.05) is 0 Å². The van der Waals surface area contributed by atoms with E-state index in [-0.39, 0.29) is 0 Å². The summed E-state index contributed by atoms with van der Waals surface area (Å²) in [6.07, 6.45) is 1.85. The minimum atomic E-state index is 0.489. The van der Waals surface area contributed by atoms with Crippen molar-refractivity contribution < 1.29 is 4.74 Å². The molecule has 0 atom stereocenters. The summed E-state index contributed by atoms with van der Waals surface area (Å²) in [5.41, 5.74) is 6.16. The van der Waals surface area contributed by atoms with Crippen LogP contribution in [0, 0.1) is 6.92 Å². The lowest BCUT2D eigenvalue weighted by atomic mass is 10.1. The molecule has 0 fully saturated rings. The summed E-state index contributed by atoms with van der Waals surface area (Å²) in [6, 6.07) is 35.9. The highest BCUT2D eigenvalue weighted by atomic mass is 35.5. The van der Waals surface area contributed by atoms with Crippen LogP contribution in [-0.2, 0) is 6.61 Å². The van der Waals surface area contributed by atoms with Gasteiger partial charge >= 0.3 is 0 Å². The van der Waals surface area contributed by atoms with Crippen LogP contribution in [0.2, 0.25) is 5.02 Å². The van der Waals surface area contributed by atoms with Gasteiger partial charge in [-0.2, -0.15) is 5.10 Å². The molecule has 0 spiro atoms. The number of hydrogen-bond acceptors (Lipinski definition) is 3. The van der Waals surface area contributed by atoms with Gasteiger partial charge in [0.2, 0.25) is 0 Å². The first kappa shape index (κ1) is 22.6. The molecule has 0 aliphatic heterocycles. The molecule has 0 aliphatic carbocycles. The Morgan fingerprint density at radius 1 is 0.857 bits per heavy atom. The van der Waals surface area contributed by atoms with Crippen molar-refractivity contribution in [1.82, 2.24) is 9.78 Å². The molecule has 4 aromatic carbocycles. The molecule has 0 N–H and O–H groups in total. The van der Waals surface area contributed by atoms with Gasteiger partial charge in [-0.05, 0) is 66.6 Å². The average Bonchev–Trinajstić information content (AvgIpc) is 3.33. The Morgan fingerprint density at radius 2 is 1.57 bits per heavy atom. The van der Waals surface area contributed by atoms with E-state index in [0.717, 1.165) is 44.7 Å². The van der Waals surface area contributed by atoms with Crippen molar-refractivity contribution >= 4 is 23.6 Å². The van der Waals surface area contributed by atoms with Crippen molar-refractivity contribution in [1.29, 1.82) is 0 Å². The van der Waals surface area contributed by atoms with Crippen molar-refractivity contribution in [3.05, 3.63) is 131 Å². The molecule has 35 heavy (non-hydrogen) atoms. The van der Waals surface area contributed by atoms with Crippen LogP contribution < -0.4 is 4.74 Å². The molecule has 172 valence electrons. The van der Waals surface area contributed by atoms with Gasteiger partial charge in [0.1, 0.15) is 12.4 Å². The largest absolute Gasteiger partial charge is 0.489 e. The Labute approximate surface area is 210 Å². The second-order valence-corrected chi connectivity index (χ2v) is 8.68. The summed E-state index contributed by atoms with van der Waals surface area (Å²) < 4.78 is 7.76. The Hall–Kier alpha value is -4.15. The van der Waals surface area contributed by atoms with Crippen LogP contribution in [0.15, 0.2) is 114 Å². The molecule has 0 amide bonds. The Kier molecular flexibility index (Phi) is 6.73. The number of aryl methyl sites for hydroxylation is 1. The number of nitrogens with zero attached hydrogens (tertiary/aromatic N) is 3. The van der Waals surface area contributed by atoms with Crippen LogP contribution >= 0.6 is 11.6 Å². The summed E-state index contributed by atoms with van der Waals surface area (Å²) in [5.74, 6) is 1.56. The highest BCUT2D eigenvalue weighted by Crippen LogP contribution is 2.27. The number of aromatic nitrogens is 2. The molecule has 0 radical (unpaired) electrons. The van der Waals surface area contributed by atoms with Gasteiger partial charge in [0, 0.05) is 22.9 Å². The van der Waals surface area contributed by atoms with Gasteiger partial charge in [0.05, 0.1) is 11.4 Å². The number of aliphatic imine (C=N–C) groups is 1. The maximum atomic E-state index is 5.94. The number of halogens is 1. The molecule has 5 aromatic rings. The molecule has 0 bridgehead atoms. The minimum Gasteiger partial charge on any atom is -0.489 e. The molecule has 1 heterocycles. The third kappa shape index (κ3) is 5.68. The standard InChI is InChI=1S/C30H24ClN3O/c1-22-7-13-25(14-8-22)29-19-30(34(33-29)27-5-3-2-4-6-27)32-20-23-11-17-28(18-12-23)35-21-24-9-15-26(31)16-10-24/h2-20H,21H2,1H3/b32-20+. The van der Waals surface area contributed by atoms with E-state index in [1.165, 1.54) is 5.56 Å². The first-order valence-electron chi connectivity index (χ1n) is 11.4.